The van der Waals surface area contributed by atoms with Gasteiger partial charge in [0.05, 0.1) is 6.54 Å². The number of carbonyl (C=O) groups excluding carboxylic acids is 2. The third-order valence-corrected chi connectivity index (χ3v) is 3.75. The summed E-state index contributed by atoms with van der Waals surface area (Å²) in [6, 6.07) is 0.175. The molecular weight excluding hydrogens is 282 g/mol. The van der Waals surface area contributed by atoms with Gasteiger partial charge in [-0.25, -0.2) is 0 Å². The number of amides is 2. The Kier molecular flexibility index (Phi) is 7.26. The van der Waals surface area contributed by atoms with E-state index in [4.69, 9.17) is 4.74 Å². The Morgan fingerprint density at radius 2 is 2.25 bits per heavy atom. The van der Waals surface area contributed by atoms with Crippen molar-refractivity contribution < 1.29 is 14.3 Å². The molecule has 1 N–H and O–H groups in total. The molecule has 2 amide bonds. The number of piperidine rings is 1. The van der Waals surface area contributed by atoms with Crippen molar-refractivity contribution >= 4 is 24.2 Å². The van der Waals surface area contributed by atoms with Gasteiger partial charge < -0.3 is 19.9 Å². The average Bonchev–Trinajstić information content (AvgIpc) is 2.45. The predicted octanol–water partition coefficient (Wildman–Crippen LogP) is -0.132. The summed E-state index contributed by atoms with van der Waals surface area (Å²) in [5.41, 5.74) is 0. The number of nitrogens with zero attached hydrogens (tertiary/aromatic N) is 2. The Morgan fingerprint density at radius 3 is 2.95 bits per heavy atom. The van der Waals surface area contributed by atoms with E-state index in [1.807, 2.05) is 16.7 Å². The molecule has 2 saturated heterocycles. The molecular formula is C13H24ClN3O3. The Morgan fingerprint density at radius 1 is 1.45 bits per heavy atom. The van der Waals surface area contributed by atoms with Crippen LogP contribution in [0.2, 0.25) is 0 Å². The number of likely N-dealkylation sites (tertiary alicyclic amines) is 1. The number of nitrogens with one attached hydrogen (secondary N) is 1. The highest BCUT2D eigenvalue weighted by molar-refractivity contribution is 5.85. The second-order valence-electron chi connectivity index (χ2n) is 5.04. The molecule has 0 bridgehead atoms. The summed E-state index contributed by atoms with van der Waals surface area (Å²) in [5, 5.41) is 3.07. The van der Waals surface area contributed by atoms with Crippen LogP contribution in [0.1, 0.15) is 19.8 Å². The van der Waals surface area contributed by atoms with Crippen molar-refractivity contribution in [1.29, 1.82) is 0 Å². The van der Waals surface area contributed by atoms with Crippen LogP contribution in [0.4, 0.5) is 0 Å². The first-order valence-corrected chi connectivity index (χ1v) is 7.08. The lowest BCUT2D eigenvalue weighted by Gasteiger charge is -2.41. The zero-order chi connectivity index (χ0) is 13.7. The van der Waals surface area contributed by atoms with Gasteiger partial charge in [0.1, 0.15) is 6.61 Å². The first-order valence-electron chi connectivity index (χ1n) is 7.08. The summed E-state index contributed by atoms with van der Waals surface area (Å²) in [5.74, 6) is 0.185. The molecule has 1 unspecified atom stereocenters. The second-order valence-corrected chi connectivity index (χ2v) is 5.04. The van der Waals surface area contributed by atoms with Crippen molar-refractivity contribution in [2.75, 3.05) is 45.9 Å². The van der Waals surface area contributed by atoms with Gasteiger partial charge in [-0.1, -0.05) is 0 Å². The predicted molar refractivity (Wildman–Crippen MR) is 77.9 cm³/mol. The quantitative estimate of drug-likeness (QED) is 0.786. The standard InChI is InChI=1S/C13H23N3O3.ClH/c1-2-19-10-13(18)15-6-3-4-11(9-15)16-7-5-14-8-12(16)17;/h11,14H,2-10H2,1H3;1H. The Balaban J connectivity index is 0.00000200. The molecule has 116 valence electrons. The fraction of sp³-hybridized carbons (Fsp3) is 0.846. The molecule has 0 aliphatic carbocycles. The monoisotopic (exact) mass is 305 g/mol. The molecule has 2 heterocycles. The van der Waals surface area contributed by atoms with Crippen molar-refractivity contribution in [2.45, 2.75) is 25.8 Å². The molecule has 0 aromatic heterocycles. The van der Waals surface area contributed by atoms with Crippen molar-refractivity contribution in [3.8, 4) is 0 Å². The van der Waals surface area contributed by atoms with Crippen LogP contribution in [-0.4, -0.2) is 73.6 Å². The van der Waals surface area contributed by atoms with E-state index >= 15 is 0 Å². The van der Waals surface area contributed by atoms with Crippen LogP contribution >= 0.6 is 12.4 Å². The van der Waals surface area contributed by atoms with Crippen LogP contribution in [0.15, 0.2) is 0 Å². The minimum atomic E-state index is 0. The van der Waals surface area contributed by atoms with Gasteiger partial charge in [0, 0.05) is 38.8 Å². The van der Waals surface area contributed by atoms with E-state index in [1.165, 1.54) is 0 Å². The molecule has 0 aromatic carbocycles. The molecule has 1 atom stereocenters. The van der Waals surface area contributed by atoms with E-state index in [0.29, 0.717) is 19.7 Å². The summed E-state index contributed by atoms with van der Waals surface area (Å²) in [7, 11) is 0. The number of hydrogen-bond acceptors (Lipinski definition) is 4. The first kappa shape index (κ1) is 17.2. The highest BCUT2D eigenvalue weighted by Gasteiger charge is 2.31. The summed E-state index contributed by atoms with van der Waals surface area (Å²) in [6.07, 6.45) is 1.95. The van der Waals surface area contributed by atoms with Crippen molar-refractivity contribution in [3.63, 3.8) is 0 Å². The molecule has 0 aromatic rings. The molecule has 2 rings (SSSR count). The fourth-order valence-electron chi connectivity index (χ4n) is 2.72. The average molecular weight is 306 g/mol. The van der Waals surface area contributed by atoms with Crippen molar-refractivity contribution in [2.24, 2.45) is 0 Å². The molecule has 20 heavy (non-hydrogen) atoms. The van der Waals surface area contributed by atoms with E-state index in [-0.39, 0.29) is 36.9 Å². The van der Waals surface area contributed by atoms with E-state index in [2.05, 4.69) is 5.32 Å². The lowest BCUT2D eigenvalue weighted by atomic mass is 10.0. The molecule has 0 radical (unpaired) electrons. The van der Waals surface area contributed by atoms with E-state index in [1.54, 1.807) is 0 Å². The van der Waals surface area contributed by atoms with Gasteiger partial charge in [-0.15, -0.1) is 12.4 Å². The van der Waals surface area contributed by atoms with Crippen LogP contribution in [-0.2, 0) is 14.3 Å². The molecule has 0 saturated carbocycles. The van der Waals surface area contributed by atoms with Crippen LogP contribution in [0.25, 0.3) is 0 Å². The highest BCUT2D eigenvalue weighted by atomic mass is 35.5. The number of halogens is 1. The molecule has 2 aliphatic heterocycles. The van der Waals surface area contributed by atoms with Crippen molar-refractivity contribution in [3.05, 3.63) is 0 Å². The van der Waals surface area contributed by atoms with Crippen LogP contribution in [0, 0.1) is 0 Å². The largest absolute Gasteiger partial charge is 0.372 e. The summed E-state index contributed by atoms with van der Waals surface area (Å²) in [6.45, 7) is 6.03. The van der Waals surface area contributed by atoms with Crippen LogP contribution in [0.3, 0.4) is 0 Å². The van der Waals surface area contributed by atoms with E-state index < -0.39 is 0 Å². The first-order chi connectivity index (χ1) is 9.22. The van der Waals surface area contributed by atoms with E-state index in [9.17, 15) is 9.59 Å². The lowest BCUT2D eigenvalue weighted by molar-refractivity contribution is -0.142. The molecule has 6 nitrogen and oxygen atoms in total. The summed E-state index contributed by atoms with van der Waals surface area (Å²) >= 11 is 0. The van der Waals surface area contributed by atoms with Gasteiger partial charge in [-0.2, -0.15) is 0 Å². The number of carbonyl (C=O) groups is 2. The Bertz CT molecular complexity index is 341. The lowest BCUT2D eigenvalue weighted by Crippen LogP contribution is -2.57. The van der Waals surface area contributed by atoms with Gasteiger partial charge in [0.15, 0.2) is 0 Å². The Labute approximate surface area is 126 Å². The van der Waals surface area contributed by atoms with E-state index in [0.717, 1.165) is 32.5 Å². The minimum absolute atomic E-state index is 0. The number of rotatable bonds is 4. The minimum Gasteiger partial charge on any atom is -0.372 e. The zero-order valence-corrected chi connectivity index (χ0v) is 12.8. The molecule has 2 aliphatic rings. The SMILES string of the molecule is CCOCC(=O)N1CCCC(N2CCNCC2=O)C1.Cl. The smallest absolute Gasteiger partial charge is 0.248 e. The highest BCUT2D eigenvalue weighted by Crippen LogP contribution is 2.17. The summed E-state index contributed by atoms with van der Waals surface area (Å²) in [4.78, 5) is 27.6. The van der Waals surface area contributed by atoms with Gasteiger partial charge in [-0.05, 0) is 19.8 Å². The van der Waals surface area contributed by atoms with Gasteiger partial charge in [0.25, 0.3) is 0 Å². The zero-order valence-electron chi connectivity index (χ0n) is 12.0. The maximum Gasteiger partial charge on any atom is 0.248 e. The Hall–Kier alpha value is -0.850. The number of hydrogen-bond donors (Lipinski definition) is 1. The third-order valence-electron chi connectivity index (χ3n) is 3.75. The van der Waals surface area contributed by atoms with Crippen LogP contribution < -0.4 is 5.32 Å². The van der Waals surface area contributed by atoms with Crippen molar-refractivity contribution in [1.82, 2.24) is 15.1 Å². The van der Waals surface area contributed by atoms with Gasteiger partial charge >= 0.3 is 0 Å². The molecule has 2 fully saturated rings. The third kappa shape index (κ3) is 4.33. The number of ether oxygens (including phenoxy) is 1. The molecule has 0 spiro atoms. The second kappa shape index (κ2) is 8.44. The fourth-order valence-corrected chi connectivity index (χ4v) is 2.72. The maximum absolute atomic E-state index is 12.0. The maximum atomic E-state index is 12.0. The number of piperazine rings is 1. The molecule has 7 heteroatoms. The van der Waals surface area contributed by atoms with Gasteiger partial charge in [0.2, 0.25) is 11.8 Å². The normalized spacial score (nSPS) is 23.4. The van der Waals surface area contributed by atoms with Crippen LogP contribution in [0.5, 0.6) is 0 Å². The topological polar surface area (TPSA) is 61.9 Å². The van der Waals surface area contributed by atoms with Gasteiger partial charge in [-0.3, -0.25) is 9.59 Å². The summed E-state index contributed by atoms with van der Waals surface area (Å²) < 4.78 is 5.17.